The molecule has 1 N–H and O–H groups in total. The molecule has 0 saturated heterocycles. The summed E-state index contributed by atoms with van der Waals surface area (Å²) >= 11 is 0. The van der Waals surface area contributed by atoms with Gasteiger partial charge in [-0.2, -0.15) is 5.21 Å². The fourth-order valence-corrected chi connectivity index (χ4v) is 2.28. The molecule has 90 valence electrons. The summed E-state index contributed by atoms with van der Waals surface area (Å²) in [4.78, 5) is 4.54. The molecule has 4 rings (SSSR count). The quantitative estimate of drug-likeness (QED) is 0.525. The molecule has 0 atom stereocenters. The molecule has 5 nitrogen and oxygen atoms in total. The Bertz CT molecular complexity index is 867. The number of benzene rings is 2. The Morgan fingerprint density at radius 3 is 2.74 bits per heavy atom. The van der Waals surface area contributed by atoms with Gasteiger partial charge < -0.3 is 0 Å². The largest absolute Gasteiger partial charge is 0.255 e. The van der Waals surface area contributed by atoms with Crippen LogP contribution in [0.4, 0.5) is 0 Å². The lowest BCUT2D eigenvalue weighted by atomic mass is 10.1. The van der Waals surface area contributed by atoms with Crippen molar-refractivity contribution in [1.82, 2.24) is 25.6 Å². The first-order valence-corrected chi connectivity index (χ1v) is 5.93. The van der Waals surface area contributed by atoms with Gasteiger partial charge >= 0.3 is 0 Å². The van der Waals surface area contributed by atoms with Crippen LogP contribution in [0.2, 0.25) is 0 Å². The van der Waals surface area contributed by atoms with Crippen molar-refractivity contribution in [3.8, 4) is 11.4 Å². The maximum absolute atomic E-state index is 4.54. The van der Waals surface area contributed by atoms with Gasteiger partial charge in [0.05, 0.1) is 5.52 Å². The van der Waals surface area contributed by atoms with E-state index in [1.807, 2.05) is 18.2 Å². The van der Waals surface area contributed by atoms with Crippen LogP contribution in [0.5, 0.6) is 0 Å². The number of H-pyrrole nitrogens is 1. The Kier molecular flexibility index (Phi) is 2.05. The molecule has 0 aliphatic heterocycles. The van der Waals surface area contributed by atoms with E-state index >= 15 is 0 Å². The van der Waals surface area contributed by atoms with Gasteiger partial charge in [0.25, 0.3) is 0 Å². The zero-order chi connectivity index (χ0) is 12.7. The van der Waals surface area contributed by atoms with Crippen molar-refractivity contribution >= 4 is 21.7 Å². The topological polar surface area (TPSA) is 67.3 Å². The van der Waals surface area contributed by atoms with Crippen LogP contribution in [-0.4, -0.2) is 25.6 Å². The molecule has 2 heterocycles. The van der Waals surface area contributed by atoms with E-state index in [1.54, 1.807) is 6.20 Å². The van der Waals surface area contributed by atoms with Gasteiger partial charge in [-0.3, -0.25) is 4.98 Å². The predicted molar refractivity (Wildman–Crippen MR) is 72.4 cm³/mol. The number of rotatable bonds is 1. The number of aromatic amines is 1. The molecule has 0 unspecified atom stereocenters. The van der Waals surface area contributed by atoms with Gasteiger partial charge in [-0.1, -0.05) is 36.4 Å². The van der Waals surface area contributed by atoms with Crippen LogP contribution in [0.3, 0.4) is 0 Å². The number of nitrogens with zero attached hydrogens (tertiary/aromatic N) is 4. The molecule has 0 saturated carbocycles. The maximum atomic E-state index is 4.54. The first-order chi connectivity index (χ1) is 9.42. The minimum Gasteiger partial charge on any atom is -0.255 e. The maximum Gasteiger partial charge on any atom is 0.206 e. The lowest BCUT2D eigenvalue weighted by molar-refractivity contribution is 0.881. The number of nitrogens with one attached hydrogen (secondary N) is 1. The second-order valence-electron chi connectivity index (χ2n) is 4.32. The molecule has 19 heavy (non-hydrogen) atoms. The van der Waals surface area contributed by atoms with Gasteiger partial charge in [-0.25, -0.2) is 0 Å². The molecule has 0 spiro atoms. The Hall–Kier alpha value is -2.82. The molecule has 0 aliphatic carbocycles. The molecule has 2 aromatic carbocycles. The summed E-state index contributed by atoms with van der Waals surface area (Å²) in [6.07, 6.45) is 1.78. The number of pyridine rings is 1. The average Bonchev–Trinajstić information content (AvgIpc) is 3.01. The van der Waals surface area contributed by atoms with E-state index in [4.69, 9.17) is 0 Å². The standard InChI is InChI=1S/C14H9N5/c1-2-4-12-9(3-1)5-6-10-7-11(8-15-13(10)12)14-16-18-19-17-14/h1-8H,(H,16,17,18,19). The molecule has 5 heteroatoms. The number of aromatic nitrogens is 5. The van der Waals surface area contributed by atoms with Crippen LogP contribution in [0, 0.1) is 0 Å². The normalized spacial score (nSPS) is 11.2. The third-order valence-corrected chi connectivity index (χ3v) is 3.18. The van der Waals surface area contributed by atoms with E-state index in [-0.39, 0.29) is 0 Å². The number of hydrogen-bond donors (Lipinski definition) is 1. The molecule has 0 fully saturated rings. The van der Waals surface area contributed by atoms with E-state index < -0.39 is 0 Å². The minimum absolute atomic E-state index is 0.558. The van der Waals surface area contributed by atoms with Crippen molar-refractivity contribution in [1.29, 1.82) is 0 Å². The van der Waals surface area contributed by atoms with Crippen LogP contribution in [0.1, 0.15) is 0 Å². The average molecular weight is 247 g/mol. The number of hydrogen-bond acceptors (Lipinski definition) is 4. The van der Waals surface area contributed by atoms with Gasteiger partial charge in [-0.15, -0.1) is 10.2 Å². The lowest BCUT2D eigenvalue weighted by Gasteiger charge is -2.03. The molecule has 0 radical (unpaired) electrons. The molecular formula is C14H9N5. The van der Waals surface area contributed by atoms with Crippen molar-refractivity contribution in [3.63, 3.8) is 0 Å². The summed E-state index contributed by atoms with van der Waals surface area (Å²) in [5.41, 5.74) is 1.85. The van der Waals surface area contributed by atoms with Gasteiger partial charge in [0, 0.05) is 22.5 Å². The highest BCUT2D eigenvalue weighted by Gasteiger charge is 2.06. The molecular weight excluding hydrogens is 238 g/mol. The van der Waals surface area contributed by atoms with Crippen LogP contribution < -0.4 is 0 Å². The van der Waals surface area contributed by atoms with E-state index in [0.717, 1.165) is 21.9 Å². The summed E-state index contributed by atoms with van der Waals surface area (Å²) in [7, 11) is 0. The summed E-state index contributed by atoms with van der Waals surface area (Å²) in [6, 6.07) is 14.4. The second-order valence-corrected chi connectivity index (χ2v) is 4.32. The highest BCUT2D eigenvalue weighted by Crippen LogP contribution is 2.26. The van der Waals surface area contributed by atoms with Crippen LogP contribution in [-0.2, 0) is 0 Å². The van der Waals surface area contributed by atoms with Crippen molar-refractivity contribution in [2.24, 2.45) is 0 Å². The van der Waals surface area contributed by atoms with Gasteiger partial charge in [0.2, 0.25) is 5.82 Å². The SMILES string of the molecule is c1ccc2c(c1)ccc1cc(-c3nn[nH]n3)cnc12. The van der Waals surface area contributed by atoms with E-state index in [0.29, 0.717) is 5.82 Å². The monoisotopic (exact) mass is 247 g/mol. The first-order valence-electron chi connectivity index (χ1n) is 5.93. The van der Waals surface area contributed by atoms with Crippen LogP contribution in [0.15, 0.2) is 48.7 Å². The van der Waals surface area contributed by atoms with E-state index in [2.05, 4.69) is 49.9 Å². The fraction of sp³-hybridized carbons (Fsp3) is 0. The highest BCUT2D eigenvalue weighted by molar-refractivity contribution is 6.05. The van der Waals surface area contributed by atoms with Gasteiger partial charge in [0.1, 0.15) is 0 Å². The fourth-order valence-electron chi connectivity index (χ4n) is 2.28. The highest BCUT2D eigenvalue weighted by atomic mass is 15.5. The van der Waals surface area contributed by atoms with Crippen molar-refractivity contribution in [2.45, 2.75) is 0 Å². The summed E-state index contributed by atoms with van der Waals surface area (Å²) in [5, 5.41) is 17.4. The third kappa shape index (κ3) is 1.55. The predicted octanol–water partition coefficient (Wildman–Crippen LogP) is 2.57. The zero-order valence-electron chi connectivity index (χ0n) is 9.91. The van der Waals surface area contributed by atoms with E-state index in [1.165, 1.54) is 5.39 Å². The molecule has 4 aromatic rings. The summed E-state index contributed by atoms with van der Waals surface area (Å²) in [6.45, 7) is 0. The summed E-state index contributed by atoms with van der Waals surface area (Å²) < 4.78 is 0. The second kappa shape index (κ2) is 3.84. The van der Waals surface area contributed by atoms with Crippen LogP contribution in [0.25, 0.3) is 33.1 Å². The molecule has 2 aromatic heterocycles. The first kappa shape index (κ1) is 10.1. The summed E-state index contributed by atoms with van der Waals surface area (Å²) in [5.74, 6) is 0.558. The smallest absolute Gasteiger partial charge is 0.206 e. The van der Waals surface area contributed by atoms with Gasteiger partial charge in [-0.05, 0) is 16.7 Å². The molecule has 0 aliphatic rings. The van der Waals surface area contributed by atoms with Crippen molar-refractivity contribution < 1.29 is 0 Å². The van der Waals surface area contributed by atoms with Crippen molar-refractivity contribution in [3.05, 3.63) is 48.7 Å². The van der Waals surface area contributed by atoms with E-state index in [9.17, 15) is 0 Å². The minimum atomic E-state index is 0.558. The van der Waals surface area contributed by atoms with Crippen LogP contribution >= 0.6 is 0 Å². The Labute approximate surface area is 108 Å². The Balaban J connectivity index is 2.03. The lowest BCUT2D eigenvalue weighted by Crippen LogP contribution is -1.86. The van der Waals surface area contributed by atoms with Gasteiger partial charge in [0.15, 0.2) is 0 Å². The molecule has 0 amide bonds. The number of tetrazole rings is 1. The zero-order valence-corrected chi connectivity index (χ0v) is 9.91. The number of fused-ring (bicyclic) bond motifs is 3. The Morgan fingerprint density at radius 1 is 0.947 bits per heavy atom. The van der Waals surface area contributed by atoms with Crippen molar-refractivity contribution in [2.75, 3.05) is 0 Å². The Morgan fingerprint density at radius 2 is 1.84 bits per heavy atom. The third-order valence-electron chi connectivity index (χ3n) is 3.18. The molecule has 0 bridgehead atoms.